The number of rotatable bonds is 7. The van der Waals surface area contributed by atoms with Crippen LogP contribution in [0.4, 0.5) is 5.82 Å². The monoisotopic (exact) mass is 370 g/mol. The molecular weight excluding hydrogens is 348 g/mol. The number of hydrogen-bond acceptors (Lipinski definition) is 10. The predicted molar refractivity (Wildman–Crippen MR) is 91.0 cm³/mol. The predicted octanol–water partition coefficient (Wildman–Crippen LogP) is -0.650. The highest BCUT2D eigenvalue weighted by atomic mass is 32.2. The van der Waals surface area contributed by atoms with Crippen LogP contribution in [-0.2, 0) is 4.74 Å². The summed E-state index contributed by atoms with van der Waals surface area (Å²) in [5.41, 5.74) is 6.74. The first-order valence-corrected chi connectivity index (χ1v) is 9.15. The average molecular weight is 370 g/mol. The fourth-order valence-corrected chi connectivity index (χ4v) is 3.59. The number of hydrogen-bond donors (Lipinski definition) is 4. The first-order chi connectivity index (χ1) is 12.1. The van der Waals surface area contributed by atoms with Crippen LogP contribution in [0.3, 0.4) is 0 Å². The van der Waals surface area contributed by atoms with Crippen molar-refractivity contribution in [2.24, 2.45) is 0 Å². The zero-order valence-corrected chi connectivity index (χ0v) is 14.6. The normalized spacial score (nSPS) is 26.6. The van der Waals surface area contributed by atoms with Crippen molar-refractivity contribution in [1.29, 1.82) is 0 Å². The highest BCUT2D eigenvalue weighted by Gasteiger charge is 2.44. The second-order valence-electron chi connectivity index (χ2n) is 5.86. The Balaban J connectivity index is 1.91. The van der Waals surface area contributed by atoms with Gasteiger partial charge >= 0.3 is 0 Å². The number of ether oxygens (including phenoxy) is 1. The maximum atomic E-state index is 10.4. The molecule has 0 spiro atoms. The van der Waals surface area contributed by atoms with Gasteiger partial charge in [-0.3, -0.25) is 0 Å². The summed E-state index contributed by atoms with van der Waals surface area (Å²) in [6, 6.07) is -0.554. The summed E-state index contributed by atoms with van der Waals surface area (Å²) in [5, 5.41) is 38.0. The van der Waals surface area contributed by atoms with Crippen LogP contribution >= 0.6 is 11.8 Å². The van der Waals surface area contributed by atoms with Crippen molar-refractivity contribution >= 4 is 28.7 Å². The van der Waals surface area contributed by atoms with Crippen LogP contribution in [0.1, 0.15) is 25.8 Å². The lowest BCUT2D eigenvalue weighted by Crippen LogP contribution is -2.33. The van der Waals surface area contributed by atoms with Crippen molar-refractivity contribution in [3.05, 3.63) is 0 Å². The van der Waals surface area contributed by atoms with Gasteiger partial charge in [0.1, 0.15) is 12.2 Å². The summed E-state index contributed by atoms with van der Waals surface area (Å²) in [6.07, 6.45) is -1.47. The van der Waals surface area contributed by atoms with Crippen LogP contribution in [0.2, 0.25) is 0 Å². The minimum absolute atomic E-state index is 0.0895. The lowest BCUT2D eigenvalue weighted by molar-refractivity contribution is -0.0629. The fourth-order valence-electron chi connectivity index (χ4n) is 2.89. The molecule has 0 radical (unpaired) electrons. The highest BCUT2D eigenvalue weighted by Crippen LogP contribution is 2.34. The molecule has 2 unspecified atom stereocenters. The van der Waals surface area contributed by atoms with Crippen molar-refractivity contribution in [3.63, 3.8) is 0 Å². The van der Waals surface area contributed by atoms with E-state index in [4.69, 9.17) is 15.6 Å². The van der Waals surface area contributed by atoms with E-state index in [2.05, 4.69) is 27.2 Å². The van der Waals surface area contributed by atoms with E-state index in [0.29, 0.717) is 22.7 Å². The summed E-state index contributed by atoms with van der Waals surface area (Å²) in [5.74, 6) is 1.09. The molecule has 25 heavy (non-hydrogen) atoms. The molecule has 11 heteroatoms. The van der Waals surface area contributed by atoms with E-state index in [0.717, 1.165) is 12.2 Å². The molecular formula is C14H22N6O4S. The van der Waals surface area contributed by atoms with Crippen molar-refractivity contribution in [2.75, 3.05) is 24.7 Å². The van der Waals surface area contributed by atoms with Crippen LogP contribution in [-0.4, -0.2) is 77.6 Å². The number of aromatic nitrogens is 5. The number of fused-ring (bicyclic) bond motifs is 1. The molecule has 3 rings (SSSR count). The molecule has 2 heterocycles. The maximum Gasteiger partial charge on any atom is 0.191 e. The van der Waals surface area contributed by atoms with Crippen molar-refractivity contribution in [2.45, 2.75) is 49.3 Å². The number of thioether (sulfide) groups is 1. The molecule has 1 saturated carbocycles. The number of aliphatic hydroxyl groups is 3. The quantitative estimate of drug-likeness (QED) is 0.365. The molecule has 1 aliphatic rings. The molecule has 0 saturated heterocycles. The van der Waals surface area contributed by atoms with Crippen LogP contribution < -0.4 is 5.73 Å². The average Bonchev–Trinajstić information content (AvgIpc) is 3.14. The van der Waals surface area contributed by atoms with Crippen LogP contribution in [0.15, 0.2) is 5.16 Å². The van der Waals surface area contributed by atoms with Gasteiger partial charge in [0.2, 0.25) is 0 Å². The van der Waals surface area contributed by atoms with Gasteiger partial charge < -0.3 is 25.8 Å². The first-order valence-electron chi connectivity index (χ1n) is 8.16. The first kappa shape index (κ1) is 18.3. The zero-order valence-electron chi connectivity index (χ0n) is 13.8. The van der Waals surface area contributed by atoms with E-state index in [9.17, 15) is 10.2 Å². The molecule has 0 aliphatic heterocycles. The summed E-state index contributed by atoms with van der Waals surface area (Å²) in [4.78, 5) is 8.68. The van der Waals surface area contributed by atoms with E-state index >= 15 is 0 Å². The van der Waals surface area contributed by atoms with Gasteiger partial charge in [-0.05, 0) is 6.42 Å². The van der Waals surface area contributed by atoms with E-state index in [1.165, 1.54) is 16.4 Å². The standard InChI is InChI=1S/C14H22N6O4S/c1-2-5-25-14-16-12(15)9-13(17-14)20(19-18-9)7-6-8(24-4-3-21)11(23)10(7)22/h7-8,10-11,21-23H,2-6H2,1H3,(H2,15,16,17)/t7?,8?,10-,11+/m0/s1. The summed E-state index contributed by atoms with van der Waals surface area (Å²) >= 11 is 1.48. The minimum atomic E-state index is -1.09. The summed E-state index contributed by atoms with van der Waals surface area (Å²) < 4.78 is 6.86. The Kier molecular flexibility index (Phi) is 5.69. The Morgan fingerprint density at radius 2 is 2.12 bits per heavy atom. The molecule has 4 atom stereocenters. The highest BCUT2D eigenvalue weighted by molar-refractivity contribution is 7.99. The SMILES string of the molecule is CCCSc1nc(N)c2nnn(C3CC(OCCO)[C@@H](O)[C@H]3O)c2n1. The molecule has 0 bridgehead atoms. The lowest BCUT2D eigenvalue weighted by Gasteiger charge is -2.17. The number of anilines is 1. The fraction of sp³-hybridized carbons (Fsp3) is 0.714. The van der Waals surface area contributed by atoms with Crippen LogP contribution in [0.5, 0.6) is 0 Å². The van der Waals surface area contributed by atoms with Gasteiger partial charge in [0.15, 0.2) is 22.1 Å². The number of nitrogens with zero attached hydrogens (tertiary/aromatic N) is 5. The van der Waals surface area contributed by atoms with Gasteiger partial charge in [-0.1, -0.05) is 23.9 Å². The number of nitrogen functional groups attached to an aromatic ring is 1. The maximum absolute atomic E-state index is 10.4. The Hall–Kier alpha value is -1.53. The van der Waals surface area contributed by atoms with E-state index in [-0.39, 0.29) is 19.0 Å². The van der Waals surface area contributed by atoms with Crippen molar-refractivity contribution in [3.8, 4) is 0 Å². The van der Waals surface area contributed by atoms with E-state index < -0.39 is 24.4 Å². The Morgan fingerprint density at radius 3 is 2.84 bits per heavy atom. The molecule has 5 N–H and O–H groups in total. The lowest BCUT2D eigenvalue weighted by atomic mass is 10.2. The third-order valence-corrected chi connectivity index (χ3v) is 5.15. The van der Waals surface area contributed by atoms with Crippen molar-refractivity contribution in [1.82, 2.24) is 25.0 Å². The molecule has 2 aromatic heterocycles. The molecule has 1 fully saturated rings. The second kappa shape index (κ2) is 7.79. The third kappa shape index (κ3) is 3.55. The van der Waals surface area contributed by atoms with Gasteiger partial charge in [0.25, 0.3) is 0 Å². The van der Waals surface area contributed by atoms with Gasteiger partial charge in [0.05, 0.1) is 25.4 Å². The molecule has 0 aromatic carbocycles. The molecule has 1 aliphatic carbocycles. The molecule has 138 valence electrons. The van der Waals surface area contributed by atoms with Gasteiger partial charge in [-0.2, -0.15) is 0 Å². The smallest absolute Gasteiger partial charge is 0.191 e. The van der Waals surface area contributed by atoms with E-state index in [1.807, 2.05) is 0 Å². The van der Waals surface area contributed by atoms with Crippen LogP contribution in [0, 0.1) is 0 Å². The van der Waals surface area contributed by atoms with Gasteiger partial charge in [0, 0.05) is 12.2 Å². The zero-order chi connectivity index (χ0) is 18.0. The Labute approximate surface area is 148 Å². The summed E-state index contributed by atoms with van der Waals surface area (Å²) in [7, 11) is 0. The Morgan fingerprint density at radius 1 is 1.32 bits per heavy atom. The third-order valence-electron chi connectivity index (χ3n) is 4.10. The van der Waals surface area contributed by atoms with Gasteiger partial charge in [-0.15, -0.1) is 5.10 Å². The number of aliphatic hydroxyl groups excluding tert-OH is 3. The largest absolute Gasteiger partial charge is 0.394 e. The molecule has 10 nitrogen and oxygen atoms in total. The van der Waals surface area contributed by atoms with Gasteiger partial charge in [-0.25, -0.2) is 14.6 Å². The molecule has 2 aromatic rings. The minimum Gasteiger partial charge on any atom is -0.394 e. The molecule has 0 amide bonds. The van der Waals surface area contributed by atoms with E-state index in [1.54, 1.807) is 0 Å². The second-order valence-corrected chi connectivity index (χ2v) is 6.93. The van der Waals surface area contributed by atoms with Crippen molar-refractivity contribution < 1.29 is 20.1 Å². The number of nitrogens with two attached hydrogens (primary N) is 1. The Bertz CT molecular complexity index is 729. The van der Waals surface area contributed by atoms with Crippen LogP contribution in [0.25, 0.3) is 11.2 Å². The topological polar surface area (TPSA) is 152 Å². The summed E-state index contributed by atoms with van der Waals surface area (Å²) in [6.45, 7) is 1.99.